The molecule has 0 aliphatic carbocycles. The van der Waals surface area contributed by atoms with Gasteiger partial charge in [-0.3, -0.25) is 0 Å². The van der Waals surface area contributed by atoms with Crippen LogP contribution in [-0.2, 0) is 14.8 Å². The van der Waals surface area contributed by atoms with E-state index in [1.807, 2.05) is 0 Å². The molecule has 1 heterocycles. The van der Waals surface area contributed by atoms with E-state index in [9.17, 15) is 8.42 Å². The Morgan fingerprint density at radius 3 is 2.67 bits per heavy atom. The second-order valence-corrected chi connectivity index (χ2v) is 5.71. The van der Waals surface area contributed by atoms with Gasteiger partial charge in [0.05, 0.1) is 18.5 Å². The number of piperidine rings is 1. The molecule has 0 unspecified atom stereocenters. The Morgan fingerprint density at radius 2 is 2.07 bits per heavy atom. The van der Waals surface area contributed by atoms with Crippen LogP contribution in [-0.4, -0.2) is 46.5 Å². The smallest absolute Gasteiger partial charge is 0.211 e. The zero-order valence-electron chi connectivity index (χ0n) is 9.16. The highest BCUT2D eigenvalue weighted by atomic mass is 32.2. The van der Waals surface area contributed by atoms with Gasteiger partial charge in [0, 0.05) is 6.54 Å². The maximum atomic E-state index is 11.1. The van der Waals surface area contributed by atoms with Crippen LogP contribution in [0, 0.1) is 0 Å². The Morgan fingerprint density at radius 1 is 1.40 bits per heavy atom. The van der Waals surface area contributed by atoms with Crippen LogP contribution in [0.5, 0.6) is 0 Å². The lowest BCUT2D eigenvalue weighted by atomic mass is 10.1. The summed E-state index contributed by atoms with van der Waals surface area (Å²) in [5.74, 6) is 0.125. The molecule has 15 heavy (non-hydrogen) atoms. The minimum Gasteiger partial charge on any atom is -0.377 e. The quantitative estimate of drug-likeness (QED) is 0.621. The van der Waals surface area contributed by atoms with E-state index in [1.54, 1.807) is 6.92 Å². The first-order valence-electron chi connectivity index (χ1n) is 5.43. The summed E-state index contributed by atoms with van der Waals surface area (Å²) in [5, 5.41) is 3.25. The van der Waals surface area contributed by atoms with E-state index in [0.29, 0.717) is 13.2 Å². The minimum atomic E-state index is -3.06. The number of hydrogen-bond donors (Lipinski definition) is 2. The van der Waals surface area contributed by atoms with Crippen molar-refractivity contribution in [1.82, 2.24) is 10.0 Å². The molecule has 0 aromatic carbocycles. The van der Waals surface area contributed by atoms with E-state index in [1.165, 1.54) is 0 Å². The summed E-state index contributed by atoms with van der Waals surface area (Å²) in [4.78, 5) is 0. The standard InChI is InChI=1S/C9H20N2O3S/c1-2-15(12,13)11-7-8-14-9-3-5-10-6-4-9/h9-11H,2-8H2,1H3. The molecule has 2 N–H and O–H groups in total. The van der Waals surface area contributed by atoms with Crippen molar-refractivity contribution in [2.24, 2.45) is 0 Å². The average Bonchev–Trinajstić information content (AvgIpc) is 2.26. The number of sulfonamides is 1. The fourth-order valence-electron chi connectivity index (χ4n) is 1.49. The third kappa shape index (κ3) is 5.46. The molecule has 90 valence electrons. The van der Waals surface area contributed by atoms with Gasteiger partial charge in [-0.25, -0.2) is 13.1 Å². The Labute approximate surface area is 91.6 Å². The van der Waals surface area contributed by atoms with Crippen LogP contribution in [0.15, 0.2) is 0 Å². The Hall–Kier alpha value is -0.170. The molecule has 1 fully saturated rings. The first-order chi connectivity index (χ1) is 7.14. The molecule has 0 radical (unpaired) electrons. The number of hydrogen-bond acceptors (Lipinski definition) is 4. The zero-order chi connectivity index (χ0) is 11.1. The number of ether oxygens (including phenoxy) is 1. The normalized spacial score (nSPS) is 19.3. The van der Waals surface area contributed by atoms with Crippen LogP contribution in [0.25, 0.3) is 0 Å². The fourth-order valence-corrected chi connectivity index (χ4v) is 2.09. The molecule has 6 heteroatoms. The van der Waals surface area contributed by atoms with E-state index in [-0.39, 0.29) is 11.9 Å². The molecule has 0 amide bonds. The van der Waals surface area contributed by atoms with Gasteiger partial charge in [0.25, 0.3) is 0 Å². The van der Waals surface area contributed by atoms with E-state index in [0.717, 1.165) is 25.9 Å². The highest BCUT2D eigenvalue weighted by Crippen LogP contribution is 2.06. The van der Waals surface area contributed by atoms with Gasteiger partial charge in [-0.05, 0) is 32.9 Å². The SMILES string of the molecule is CCS(=O)(=O)NCCOC1CCNCC1. The highest BCUT2D eigenvalue weighted by molar-refractivity contribution is 7.89. The molecule has 0 saturated carbocycles. The van der Waals surface area contributed by atoms with Crippen molar-refractivity contribution >= 4 is 10.0 Å². The Bertz CT molecular complexity index is 261. The molecular formula is C9H20N2O3S. The van der Waals surface area contributed by atoms with Crippen molar-refractivity contribution in [3.05, 3.63) is 0 Å². The van der Waals surface area contributed by atoms with Gasteiger partial charge in [-0.2, -0.15) is 0 Å². The molecule has 5 nitrogen and oxygen atoms in total. The second-order valence-electron chi connectivity index (χ2n) is 3.62. The first-order valence-corrected chi connectivity index (χ1v) is 7.09. The summed E-state index contributed by atoms with van der Waals surface area (Å²) in [7, 11) is -3.06. The molecule has 0 aromatic heterocycles. The van der Waals surface area contributed by atoms with Crippen molar-refractivity contribution in [1.29, 1.82) is 0 Å². The van der Waals surface area contributed by atoms with Gasteiger partial charge in [-0.15, -0.1) is 0 Å². The third-order valence-corrected chi connectivity index (χ3v) is 3.85. The molecule has 1 aliphatic heterocycles. The van der Waals surface area contributed by atoms with Crippen molar-refractivity contribution in [3.8, 4) is 0 Å². The van der Waals surface area contributed by atoms with Crippen LogP contribution in [0.1, 0.15) is 19.8 Å². The van der Waals surface area contributed by atoms with Crippen molar-refractivity contribution in [2.75, 3.05) is 32.0 Å². The van der Waals surface area contributed by atoms with Gasteiger partial charge >= 0.3 is 0 Å². The molecule has 1 saturated heterocycles. The fraction of sp³-hybridized carbons (Fsp3) is 1.00. The summed E-state index contributed by atoms with van der Waals surface area (Å²) >= 11 is 0. The van der Waals surface area contributed by atoms with Gasteiger partial charge in [0.2, 0.25) is 10.0 Å². The summed E-state index contributed by atoms with van der Waals surface area (Å²) in [5.41, 5.74) is 0. The Kier molecular flexibility index (Phi) is 5.52. The van der Waals surface area contributed by atoms with Crippen molar-refractivity contribution < 1.29 is 13.2 Å². The van der Waals surface area contributed by atoms with Crippen molar-refractivity contribution in [3.63, 3.8) is 0 Å². The monoisotopic (exact) mass is 236 g/mol. The molecule has 1 aliphatic rings. The van der Waals surface area contributed by atoms with E-state index in [2.05, 4.69) is 10.0 Å². The van der Waals surface area contributed by atoms with Crippen LogP contribution >= 0.6 is 0 Å². The van der Waals surface area contributed by atoms with E-state index < -0.39 is 10.0 Å². The predicted molar refractivity (Wildman–Crippen MR) is 59.3 cm³/mol. The first kappa shape index (κ1) is 12.9. The molecular weight excluding hydrogens is 216 g/mol. The van der Waals surface area contributed by atoms with Crippen molar-refractivity contribution in [2.45, 2.75) is 25.9 Å². The topological polar surface area (TPSA) is 67.4 Å². The zero-order valence-corrected chi connectivity index (χ0v) is 9.98. The Balaban J connectivity index is 2.06. The maximum Gasteiger partial charge on any atom is 0.211 e. The van der Waals surface area contributed by atoms with Crippen LogP contribution < -0.4 is 10.0 Å². The molecule has 0 atom stereocenters. The van der Waals surface area contributed by atoms with Crippen LogP contribution in [0.2, 0.25) is 0 Å². The van der Waals surface area contributed by atoms with E-state index in [4.69, 9.17) is 4.74 Å². The average molecular weight is 236 g/mol. The summed E-state index contributed by atoms with van der Waals surface area (Å²) in [6.45, 7) is 4.44. The summed E-state index contributed by atoms with van der Waals surface area (Å²) in [6, 6.07) is 0. The van der Waals surface area contributed by atoms with Gasteiger partial charge < -0.3 is 10.1 Å². The molecule has 0 aromatic rings. The largest absolute Gasteiger partial charge is 0.377 e. The minimum absolute atomic E-state index is 0.125. The number of nitrogens with one attached hydrogen (secondary N) is 2. The second kappa shape index (κ2) is 6.42. The van der Waals surface area contributed by atoms with Crippen LogP contribution in [0.3, 0.4) is 0 Å². The van der Waals surface area contributed by atoms with Gasteiger partial charge in [-0.1, -0.05) is 0 Å². The van der Waals surface area contributed by atoms with Gasteiger partial charge in [0.15, 0.2) is 0 Å². The third-order valence-electron chi connectivity index (χ3n) is 2.44. The lowest BCUT2D eigenvalue weighted by molar-refractivity contribution is 0.0367. The van der Waals surface area contributed by atoms with Crippen LogP contribution in [0.4, 0.5) is 0 Å². The molecule has 0 bridgehead atoms. The summed E-state index contributed by atoms with van der Waals surface area (Å²) < 4.78 is 30.2. The summed E-state index contributed by atoms with van der Waals surface area (Å²) in [6.07, 6.45) is 2.32. The van der Waals surface area contributed by atoms with Gasteiger partial charge in [0.1, 0.15) is 0 Å². The van der Waals surface area contributed by atoms with E-state index >= 15 is 0 Å². The predicted octanol–water partition coefficient (Wildman–Crippen LogP) is -0.306. The molecule has 1 rings (SSSR count). The molecule has 0 spiro atoms. The number of rotatable bonds is 6. The highest BCUT2D eigenvalue weighted by Gasteiger charge is 2.13. The lowest BCUT2D eigenvalue weighted by Gasteiger charge is -2.22. The lowest BCUT2D eigenvalue weighted by Crippen LogP contribution is -2.35. The maximum absolute atomic E-state index is 11.1.